The Morgan fingerprint density at radius 3 is 2.19 bits per heavy atom. The summed E-state index contributed by atoms with van der Waals surface area (Å²) < 4.78 is 3.19. The van der Waals surface area contributed by atoms with Crippen molar-refractivity contribution in [2.24, 2.45) is 7.05 Å². The summed E-state index contributed by atoms with van der Waals surface area (Å²) in [5.41, 5.74) is 1.09. The minimum Gasteiger partial charge on any atom is -0.382 e. The first-order valence-corrected chi connectivity index (χ1v) is 10.0. The first kappa shape index (κ1) is 20.1. The molecular weight excluding hydrogens is 403 g/mol. The number of imidazole rings is 1. The first-order chi connectivity index (χ1) is 12.8. The van der Waals surface area contributed by atoms with Crippen LogP contribution in [0.5, 0.6) is 0 Å². The number of halogens is 2. The highest BCUT2D eigenvalue weighted by Crippen LogP contribution is 2.38. The molecule has 4 nitrogen and oxygen atoms in total. The maximum atomic E-state index is 12.9. The molecule has 0 aliphatic heterocycles. The van der Waals surface area contributed by atoms with E-state index in [4.69, 9.17) is 23.2 Å². The smallest absolute Gasteiger partial charge is 0.329 e. The zero-order valence-electron chi connectivity index (χ0n) is 15.2. The maximum Gasteiger partial charge on any atom is 0.329 e. The Labute approximate surface area is 172 Å². The van der Waals surface area contributed by atoms with Crippen LogP contribution in [0.4, 0.5) is 0 Å². The Bertz CT molecular complexity index is 993. The van der Waals surface area contributed by atoms with E-state index in [1.165, 1.54) is 16.3 Å². The molecule has 0 fully saturated rings. The molecule has 1 N–H and O–H groups in total. The predicted octanol–water partition coefficient (Wildman–Crippen LogP) is 5.31. The van der Waals surface area contributed by atoms with Crippen LogP contribution in [0, 0.1) is 0 Å². The second kappa shape index (κ2) is 8.15. The molecule has 0 aliphatic carbocycles. The SMILES string of the molecule is CC(C)n1c(Sc2cc(Cl)cc(Cl)c2)c([C@H](O)c2ccccc2)n(C)c1=O. The fourth-order valence-electron chi connectivity index (χ4n) is 2.97. The van der Waals surface area contributed by atoms with Crippen molar-refractivity contribution in [3.63, 3.8) is 0 Å². The summed E-state index contributed by atoms with van der Waals surface area (Å²) in [6, 6.07) is 14.5. The Hall–Kier alpha value is -1.66. The molecule has 0 saturated carbocycles. The second-order valence-electron chi connectivity index (χ2n) is 6.52. The van der Waals surface area contributed by atoms with Crippen molar-refractivity contribution in [3.05, 3.63) is 80.3 Å². The standard InChI is InChI=1S/C20H20Cl2N2O2S/c1-12(2)24-19(27-16-10-14(21)9-15(22)11-16)17(23(3)20(24)26)18(25)13-7-5-4-6-8-13/h4-12,18,25H,1-3H3/t18-/m1/s1. The molecule has 0 spiro atoms. The molecule has 7 heteroatoms. The molecule has 0 radical (unpaired) electrons. The van der Waals surface area contributed by atoms with E-state index in [0.29, 0.717) is 20.8 Å². The molecule has 0 saturated heterocycles. The van der Waals surface area contributed by atoms with Crippen molar-refractivity contribution in [1.29, 1.82) is 0 Å². The van der Waals surface area contributed by atoms with Gasteiger partial charge in [-0.05, 0) is 37.6 Å². The Morgan fingerprint density at radius 2 is 1.63 bits per heavy atom. The maximum absolute atomic E-state index is 12.9. The second-order valence-corrected chi connectivity index (χ2v) is 8.45. The Balaban J connectivity index is 2.18. The number of aliphatic hydroxyl groups excluding tert-OH is 1. The van der Waals surface area contributed by atoms with E-state index < -0.39 is 6.10 Å². The average molecular weight is 423 g/mol. The monoisotopic (exact) mass is 422 g/mol. The van der Waals surface area contributed by atoms with Crippen molar-refractivity contribution in [1.82, 2.24) is 9.13 Å². The van der Waals surface area contributed by atoms with Gasteiger partial charge in [0.25, 0.3) is 0 Å². The molecule has 2 aromatic carbocycles. The minimum absolute atomic E-state index is 0.0717. The molecule has 27 heavy (non-hydrogen) atoms. The largest absolute Gasteiger partial charge is 0.382 e. The van der Waals surface area contributed by atoms with Crippen molar-refractivity contribution in [2.45, 2.75) is 35.9 Å². The molecule has 3 rings (SSSR count). The first-order valence-electron chi connectivity index (χ1n) is 8.47. The fraction of sp³-hybridized carbons (Fsp3) is 0.250. The van der Waals surface area contributed by atoms with E-state index >= 15 is 0 Å². The molecule has 0 unspecified atom stereocenters. The minimum atomic E-state index is -0.930. The van der Waals surface area contributed by atoms with E-state index in [2.05, 4.69) is 0 Å². The molecule has 0 amide bonds. The van der Waals surface area contributed by atoms with Gasteiger partial charge in [-0.25, -0.2) is 4.79 Å². The van der Waals surface area contributed by atoms with Gasteiger partial charge >= 0.3 is 5.69 Å². The third-order valence-electron chi connectivity index (χ3n) is 4.23. The highest BCUT2D eigenvalue weighted by Gasteiger charge is 2.26. The number of rotatable bonds is 5. The summed E-state index contributed by atoms with van der Waals surface area (Å²) in [5, 5.41) is 12.7. The van der Waals surface area contributed by atoms with Crippen molar-refractivity contribution in [3.8, 4) is 0 Å². The van der Waals surface area contributed by atoms with Gasteiger partial charge < -0.3 is 5.11 Å². The predicted molar refractivity (Wildman–Crippen MR) is 111 cm³/mol. The van der Waals surface area contributed by atoms with E-state index in [1.807, 2.05) is 44.2 Å². The quantitative estimate of drug-likeness (QED) is 0.605. The normalized spacial score (nSPS) is 12.6. The van der Waals surface area contributed by atoms with Crippen molar-refractivity contribution < 1.29 is 5.11 Å². The third-order valence-corrected chi connectivity index (χ3v) is 5.74. The van der Waals surface area contributed by atoms with Crippen LogP contribution in [0.1, 0.15) is 37.3 Å². The molecule has 0 aliphatic rings. The number of benzene rings is 2. The van der Waals surface area contributed by atoms with Gasteiger partial charge in [0.2, 0.25) is 0 Å². The van der Waals surface area contributed by atoms with Crippen LogP contribution in [0.15, 0.2) is 63.2 Å². The topological polar surface area (TPSA) is 47.2 Å². The van der Waals surface area contributed by atoms with Gasteiger partial charge in [-0.15, -0.1) is 0 Å². The Morgan fingerprint density at radius 1 is 1.04 bits per heavy atom. The zero-order valence-corrected chi connectivity index (χ0v) is 17.5. The van der Waals surface area contributed by atoms with Crippen LogP contribution in [-0.2, 0) is 7.05 Å². The number of aliphatic hydroxyl groups is 1. The van der Waals surface area contributed by atoms with Gasteiger partial charge in [0, 0.05) is 28.0 Å². The lowest BCUT2D eigenvalue weighted by Gasteiger charge is -2.16. The Kier molecular flexibility index (Phi) is 6.06. The van der Waals surface area contributed by atoms with Crippen LogP contribution in [0.3, 0.4) is 0 Å². The van der Waals surface area contributed by atoms with Crippen LogP contribution >= 0.6 is 35.0 Å². The number of hydrogen-bond acceptors (Lipinski definition) is 3. The lowest BCUT2D eigenvalue weighted by molar-refractivity contribution is 0.207. The summed E-state index contributed by atoms with van der Waals surface area (Å²) in [4.78, 5) is 13.7. The lowest BCUT2D eigenvalue weighted by atomic mass is 10.1. The summed E-state index contributed by atoms with van der Waals surface area (Å²) >= 11 is 13.6. The highest BCUT2D eigenvalue weighted by molar-refractivity contribution is 7.99. The van der Waals surface area contributed by atoms with Gasteiger partial charge in [-0.3, -0.25) is 9.13 Å². The molecular formula is C20H20Cl2N2O2S. The number of aromatic nitrogens is 2. The average Bonchev–Trinajstić information content (AvgIpc) is 2.85. The van der Waals surface area contributed by atoms with Crippen LogP contribution < -0.4 is 5.69 Å². The molecule has 142 valence electrons. The number of hydrogen-bond donors (Lipinski definition) is 1. The van der Waals surface area contributed by atoms with Crippen molar-refractivity contribution >= 4 is 35.0 Å². The summed E-state index contributed by atoms with van der Waals surface area (Å²) in [6.45, 7) is 3.88. The van der Waals surface area contributed by atoms with Crippen LogP contribution in [0.25, 0.3) is 0 Å². The lowest BCUT2D eigenvalue weighted by Crippen LogP contribution is -2.24. The highest BCUT2D eigenvalue weighted by atomic mass is 35.5. The van der Waals surface area contributed by atoms with E-state index in [1.54, 1.807) is 29.8 Å². The van der Waals surface area contributed by atoms with E-state index in [0.717, 1.165) is 10.5 Å². The molecule has 3 aromatic rings. The molecule has 0 bridgehead atoms. The van der Waals surface area contributed by atoms with Crippen LogP contribution in [-0.4, -0.2) is 14.2 Å². The van der Waals surface area contributed by atoms with Gasteiger partial charge in [0.05, 0.1) is 5.69 Å². The number of nitrogens with zero attached hydrogens (tertiary/aromatic N) is 2. The van der Waals surface area contributed by atoms with Crippen molar-refractivity contribution in [2.75, 3.05) is 0 Å². The molecule has 1 heterocycles. The zero-order chi connectivity index (χ0) is 19.7. The van der Waals surface area contributed by atoms with Crippen LogP contribution in [0.2, 0.25) is 10.0 Å². The van der Waals surface area contributed by atoms with E-state index in [-0.39, 0.29) is 11.7 Å². The van der Waals surface area contributed by atoms with Gasteiger partial charge in [0.15, 0.2) is 0 Å². The van der Waals surface area contributed by atoms with E-state index in [9.17, 15) is 9.90 Å². The fourth-order valence-corrected chi connectivity index (χ4v) is 4.96. The van der Waals surface area contributed by atoms with Gasteiger partial charge in [-0.2, -0.15) is 0 Å². The summed E-state index contributed by atoms with van der Waals surface area (Å²) in [5.74, 6) is 0. The molecule has 1 aromatic heterocycles. The summed E-state index contributed by atoms with van der Waals surface area (Å²) in [7, 11) is 1.68. The van der Waals surface area contributed by atoms with Gasteiger partial charge in [0.1, 0.15) is 11.1 Å². The van der Waals surface area contributed by atoms with Gasteiger partial charge in [-0.1, -0.05) is 65.3 Å². The molecule has 1 atom stereocenters. The third kappa shape index (κ3) is 4.11. The summed E-state index contributed by atoms with van der Waals surface area (Å²) in [6.07, 6.45) is -0.930.